The van der Waals surface area contributed by atoms with Gasteiger partial charge in [-0.1, -0.05) is 72.8 Å². The summed E-state index contributed by atoms with van der Waals surface area (Å²) in [6.07, 6.45) is 1.54. The summed E-state index contributed by atoms with van der Waals surface area (Å²) in [5, 5.41) is 10.6. The molecule has 0 radical (unpaired) electrons. The van der Waals surface area contributed by atoms with Crippen LogP contribution in [0.4, 0.5) is 11.4 Å². The molecule has 9 heteroatoms. The minimum Gasteiger partial charge on any atom is -0.493 e. The Labute approximate surface area is 265 Å². The van der Waals surface area contributed by atoms with E-state index in [0.29, 0.717) is 28.3 Å². The lowest BCUT2D eigenvalue weighted by molar-refractivity contribution is -0.114. The van der Waals surface area contributed by atoms with Crippen molar-refractivity contribution >= 4 is 57.7 Å². The average molecular weight is 618 g/mol. The molecule has 0 bridgehead atoms. The number of methoxy groups -OCH3 is 2. The lowest BCUT2D eigenvalue weighted by atomic mass is 10.1. The largest absolute Gasteiger partial charge is 0.493 e. The van der Waals surface area contributed by atoms with Crippen molar-refractivity contribution in [2.45, 2.75) is 4.90 Å². The Balaban J connectivity index is 1.31. The maximum atomic E-state index is 13.6. The van der Waals surface area contributed by atoms with Gasteiger partial charge in [0.2, 0.25) is 5.91 Å². The van der Waals surface area contributed by atoms with Gasteiger partial charge < -0.3 is 25.4 Å². The molecule has 5 aromatic carbocycles. The maximum Gasteiger partial charge on any atom is 0.272 e. The number of anilines is 2. The minimum atomic E-state index is -0.542. The van der Waals surface area contributed by atoms with Gasteiger partial charge in [0.15, 0.2) is 11.5 Å². The molecule has 0 saturated carbocycles. The zero-order valence-electron chi connectivity index (χ0n) is 24.7. The summed E-state index contributed by atoms with van der Waals surface area (Å²) >= 11 is 1.34. The van der Waals surface area contributed by atoms with Crippen LogP contribution in [0.5, 0.6) is 11.5 Å². The van der Waals surface area contributed by atoms with Crippen LogP contribution in [-0.4, -0.2) is 37.7 Å². The molecule has 3 N–H and O–H groups in total. The van der Waals surface area contributed by atoms with Crippen molar-refractivity contribution in [3.8, 4) is 11.5 Å². The maximum absolute atomic E-state index is 13.6. The predicted molar refractivity (Wildman–Crippen MR) is 180 cm³/mol. The topological polar surface area (TPSA) is 106 Å². The zero-order valence-corrected chi connectivity index (χ0v) is 25.5. The molecule has 0 heterocycles. The number of thioether (sulfide) groups is 1. The van der Waals surface area contributed by atoms with Crippen molar-refractivity contribution < 1.29 is 23.9 Å². The van der Waals surface area contributed by atoms with Crippen LogP contribution in [0, 0.1) is 0 Å². The molecule has 0 aliphatic heterocycles. The van der Waals surface area contributed by atoms with Gasteiger partial charge in [0, 0.05) is 32.8 Å². The van der Waals surface area contributed by atoms with Crippen LogP contribution in [0.2, 0.25) is 0 Å². The van der Waals surface area contributed by atoms with Crippen LogP contribution in [0.3, 0.4) is 0 Å². The standard InChI is InChI=1S/C36H31N3O5S/c1-43-32-20-9-15-26(34(32)44-2)21-31(39-35(41)25-12-4-3-5-13-25)36(42)37-27-16-10-17-28(22-27)45-23-33(40)38-30-19-8-14-24-11-6-7-18-29(24)30/h3-22H,23H2,1-2H3,(H,37,42)(H,38,40)(H,39,41)/b31-21+. The quantitative estimate of drug-likeness (QED) is 0.109. The molecule has 45 heavy (non-hydrogen) atoms. The van der Waals surface area contributed by atoms with Crippen LogP contribution >= 0.6 is 11.8 Å². The fourth-order valence-electron chi connectivity index (χ4n) is 4.66. The van der Waals surface area contributed by atoms with E-state index in [0.717, 1.165) is 21.4 Å². The minimum absolute atomic E-state index is 0.00271. The Morgan fingerprint density at radius 3 is 2.29 bits per heavy atom. The first-order chi connectivity index (χ1) is 21.9. The lowest BCUT2D eigenvalue weighted by Gasteiger charge is -2.14. The first kappa shape index (κ1) is 30.9. The average Bonchev–Trinajstić information content (AvgIpc) is 3.07. The number of hydrogen-bond donors (Lipinski definition) is 3. The molecule has 5 aromatic rings. The van der Waals surface area contributed by atoms with Gasteiger partial charge in [0.05, 0.1) is 20.0 Å². The highest BCUT2D eigenvalue weighted by atomic mass is 32.2. The number of carbonyl (C=O) groups is 3. The van der Waals surface area contributed by atoms with E-state index in [4.69, 9.17) is 9.47 Å². The molecule has 0 unspecified atom stereocenters. The van der Waals surface area contributed by atoms with Crippen LogP contribution < -0.4 is 25.4 Å². The van der Waals surface area contributed by atoms with E-state index in [2.05, 4.69) is 16.0 Å². The number of nitrogens with one attached hydrogen (secondary N) is 3. The molecule has 5 rings (SSSR count). The molecule has 0 aromatic heterocycles. The number of amides is 3. The van der Waals surface area contributed by atoms with Crippen molar-refractivity contribution in [3.63, 3.8) is 0 Å². The fraction of sp³-hybridized carbons (Fsp3) is 0.0833. The number of para-hydroxylation sites is 1. The third-order valence-corrected chi connectivity index (χ3v) is 7.78. The molecule has 8 nitrogen and oxygen atoms in total. The van der Waals surface area contributed by atoms with Crippen LogP contribution in [0.15, 0.2) is 126 Å². The molecule has 0 atom stereocenters. The number of ether oxygens (including phenoxy) is 2. The van der Waals surface area contributed by atoms with Crippen LogP contribution in [0.25, 0.3) is 16.8 Å². The SMILES string of the molecule is COc1cccc(/C=C(/NC(=O)c2ccccc2)C(=O)Nc2cccc(SCC(=O)Nc3cccc4ccccc34)c2)c1OC. The summed E-state index contributed by atoms with van der Waals surface area (Å²) in [7, 11) is 3.03. The van der Waals surface area contributed by atoms with E-state index in [1.54, 1.807) is 66.7 Å². The van der Waals surface area contributed by atoms with E-state index in [1.165, 1.54) is 32.1 Å². The predicted octanol–water partition coefficient (Wildman–Crippen LogP) is 7.00. The first-order valence-electron chi connectivity index (χ1n) is 14.1. The second kappa shape index (κ2) is 14.8. The van der Waals surface area contributed by atoms with Crippen molar-refractivity contribution in [3.05, 3.63) is 132 Å². The van der Waals surface area contributed by atoms with Gasteiger partial charge in [-0.15, -0.1) is 11.8 Å². The summed E-state index contributed by atoms with van der Waals surface area (Å²) in [6.45, 7) is 0. The Hall–Kier alpha value is -5.54. The molecular weight excluding hydrogens is 586 g/mol. The van der Waals surface area contributed by atoms with Gasteiger partial charge in [0.25, 0.3) is 11.8 Å². The third-order valence-electron chi connectivity index (χ3n) is 6.79. The molecule has 0 aliphatic carbocycles. The fourth-order valence-corrected chi connectivity index (χ4v) is 5.41. The molecule has 0 fully saturated rings. The number of carbonyl (C=O) groups excluding carboxylic acids is 3. The van der Waals surface area contributed by atoms with Gasteiger partial charge >= 0.3 is 0 Å². The summed E-state index contributed by atoms with van der Waals surface area (Å²) in [4.78, 5) is 40.2. The Morgan fingerprint density at radius 1 is 0.756 bits per heavy atom. The lowest BCUT2D eigenvalue weighted by Crippen LogP contribution is -2.30. The highest BCUT2D eigenvalue weighted by molar-refractivity contribution is 8.00. The monoisotopic (exact) mass is 617 g/mol. The summed E-state index contributed by atoms with van der Waals surface area (Å²) < 4.78 is 10.9. The van der Waals surface area contributed by atoms with Gasteiger partial charge in [-0.25, -0.2) is 0 Å². The van der Waals surface area contributed by atoms with Crippen molar-refractivity contribution in [2.24, 2.45) is 0 Å². The number of benzene rings is 5. The van der Waals surface area contributed by atoms with E-state index < -0.39 is 11.8 Å². The van der Waals surface area contributed by atoms with E-state index in [1.807, 2.05) is 48.5 Å². The summed E-state index contributed by atoms with van der Waals surface area (Å²) in [6, 6.07) is 34.7. The molecule has 0 aliphatic rings. The highest BCUT2D eigenvalue weighted by Crippen LogP contribution is 2.32. The molecule has 0 spiro atoms. The Morgan fingerprint density at radius 2 is 1.49 bits per heavy atom. The van der Waals surface area contributed by atoms with Gasteiger partial charge in [-0.2, -0.15) is 0 Å². The second-order valence-corrected chi connectivity index (χ2v) is 10.9. The number of rotatable bonds is 11. The Bertz CT molecular complexity index is 1870. The van der Waals surface area contributed by atoms with Crippen molar-refractivity contribution in [1.29, 1.82) is 0 Å². The van der Waals surface area contributed by atoms with Gasteiger partial charge in [0.1, 0.15) is 5.70 Å². The second-order valence-electron chi connectivity index (χ2n) is 9.81. The van der Waals surface area contributed by atoms with Crippen molar-refractivity contribution in [2.75, 3.05) is 30.6 Å². The Kier molecular flexibility index (Phi) is 10.1. The zero-order chi connectivity index (χ0) is 31.6. The van der Waals surface area contributed by atoms with Gasteiger partial charge in [-0.05, 0) is 53.9 Å². The van der Waals surface area contributed by atoms with Crippen LogP contribution in [0.1, 0.15) is 15.9 Å². The smallest absolute Gasteiger partial charge is 0.272 e. The first-order valence-corrected chi connectivity index (χ1v) is 15.0. The normalized spacial score (nSPS) is 11.0. The summed E-state index contributed by atoms with van der Waals surface area (Å²) in [5.74, 6) is -0.0598. The number of fused-ring (bicyclic) bond motifs is 1. The van der Waals surface area contributed by atoms with Gasteiger partial charge in [-0.3, -0.25) is 14.4 Å². The van der Waals surface area contributed by atoms with E-state index in [-0.39, 0.29) is 17.4 Å². The van der Waals surface area contributed by atoms with E-state index in [9.17, 15) is 14.4 Å². The number of hydrogen-bond acceptors (Lipinski definition) is 6. The van der Waals surface area contributed by atoms with Crippen molar-refractivity contribution in [1.82, 2.24) is 5.32 Å². The highest BCUT2D eigenvalue weighted by Gasteiger charge is 2.18. The molecule has 226 valence electrons. The van der Waals surface area contributed by atoms with Crippen LogP contribution in [-0.2, 0) is 9.59 Å². The molecular formula is C36H31N3O5S. The van der Waals surface area contributed by atoms with E-state index >= 15 is 0 Å². The third kappa shape index (κ3) is 7.90. The summed E-state index contributed by atoms with van der Waals surface area (Å²) in [5.41, 5.74) is 2.19. The molecule has 0 saturated heterocycles. The molecule has 3 amide bonds.